The molecule has 94 valence electrons. The molecule has 0 fully saturated rings. The van der Waals surface area contributed by atoms with Gasteiger partial charge >= 0.3 is 5.97 Å². The summed E-state index contributed by atoms with van der Waals surface area (Å²) in [7, 11) is 1.37. The van der Waals surface area contributed by atoms with Crippen LogP contribution in [0.15, 0.2) is 0 Å². The van der Waals surface area contributed by atoms with Gasteiger partial charge < -0.3 is 9.64 Å². The standard InChI is InChI=1S/C12H23NO3/c1-6-11(14)13(7-9(2)3)8-10(4)12(15)16-5/h9-10H,6-8H2,1-5H3. The van der Waals surface area contributed by atoms with Crippen molar-refractivity contribution in [2.75, 3.05) is 20.2 Å². The molecule has 4 nitrogen and oxygen atoms in total. The number of esters is 1. The third-order valence-electron chi connectivity index (χ3n) is 2.34. The third-order valence-corrected chi connectivity index (χ3v) is 2.34. The van der Waals surface area contributed by atoms with E-state index in [1.165, 1.54) is 7.11 Å². The first kappa shape index (κ1) is 14.9. The van der Waals surface area contributed by atoms with E-state index in [1.807, 2.05) is 6.92 Å². The molecule has 16 heavy (non-hydrogen) atoms. The summed E-state index contributed by atoms with van der Waals surface area (Å²) in [6.07, 6.45) is 0.473. The monoisotopic (exact) mass is 229 g/mol. The molecule has 0 heterocycles. The average molecular weight is 229 g/mol. The first-order valence-corrected chi connectivity index (χ1v) is 5.77. The van der Waals surface area contributed by atoms with Crippen molar-refractivity contribution in [3.05, 3.63) is 0 Å². The third kappa shape index (κ3) is 5.14. The van der Waals surface area contributed by atoms with Crippen molar-refractivity contribution in [2.45, 2.75) is 34.1 Å². The van der Waals surface area contributed by atoms with Gasteiger partial charge in [0.25, 0.3) is 0 Å². The van der Waals surface area contributed by atoms with Gasteiger partial charge in [-0.1, -0.05) is 27.7 Å². The molecule has 0 aliphatic carbocycles. The van der Waals surface area contributed by atoms with Crippen LogP contribution in [-0.2, 0) is 14.3 Å². The molecule has 0 N–H and O–H groups in total. The largest absolute Gasteiger partial charge is 0.469 e. The van der Waals surface area contributed by atoms with Crippen LogP contribution in [0.1, 0.15) is 34.1 Å². The van der Waals surface area contributed by atoms with Crippen LogP contribution in [0.2, 0.25) is 0 Å². The smallest absolute Gasteiger partial charge is 0.310 e. The minimum absolute atomic E-state index is 0.0875. The summed E-state index contributed by atoms with van der Waals surface area (Å²) in [5, 5.41) is 0. The van der Waals surface area contributed by atoms with Gasteiger partial charge in [-0.2, -0.15) is 0 Å². The molecule has 4 heteroatoms. The number of hydrogen-bond donors (Lipinski definition) is 0. The number of carbonyl (C=O) groups is 2. The molecule has 1 unspecified atom stereocenters. The first-order chi connectivity index (χ1) is 7.42. The fraction of sp³-hybridized carbons (Fsp3) is 0.833. The Hall–Kier alpha value is -1.06. The highest BCUT2D eigenvalue weighted by Gasteiger charge is 2.20. The molecule has 0 saturated carbocycles. The van der Waals surface area contributed by atoms with E-state index in [-0.39, 0.29) is 17.8 Å². The summed E-state index contributed by atoms with van der Waals surface area (Å²) in [5.74, 6) is -0.0401. The zero-order chi connectivity index (χ0) is 12.7. The van der Waals surface area contributed by atoms with Gasteiger partial charge in [-0.15, -0.1) is 0 Å². The number of amides is 1. The lowest BCUT2D eigenvalue weighted by atomic mass is 10.1. The lowest BCUT2D eigenvalue weighted by Gasteiger charge is -2.26. The topological polar surface area (TPSA) is 46.6 Å². The zero-order valence-corrected chi connectivity index (χ0v) is 10.9. The minimum atomic E-state index is -0.266. The minimum Gasteiger partial charge on any atom is -0.469 e. The van der Waals surface area contributed by atoms with Gasteiger partial charge in [-0.3, -0.25) is 9.59 Å². The molecular weight excluding hydrogens is 206 g/mol. The summed E-state index contributed by atoms with van der Waals surface area (Å²) in [6, 6.07) is 0. The molecule has 0 radical (unpaired) electrons. The molecule has 0 aromatic carbocycles. The quantitative estimate of drug-likeness (QED) is 0.651. The van der Waals surface area contributed by atoms with Crippen molar-refractivity contribution in [1.29, 1.82) is 0 Å². The van der Waals surface area contributed by atoms with Crippen molar-refractivity contribution < 1.29 is 14.3 Å². The second-order valence-electron chi connectivity index (χ2n) is 4.47. The molecule has 1 amide bonds. The molecule has 0 saturated heterocycles. The number of nitrogens with zero attached hydrogens (tertiary/aromatic N) is 1. The molecule has 0 bridgehead atoms. The molecule has 0 spiro atoms. The second kappa shape index (κ2) is 7.25. The van der Waals surface area contributed by atoms with E-state index in [9.17, 15) is 9.59 Å². The summed E-state index contributed by atoms with van der Waals surface area (Å²) in [6.45, 7) is 8.85. The number of ether oxygens (including phenoxy) is 1. The Morgan fingerprint density at radius 1 is 1.19 bits per heavy atom. The van der Waals surface area contributed by atoms with Crippen LogP contribution >= 0.6 is 0 Å². The summed E-state index contributed by atoms with van der Waals surface area (Å²) in [5.41, 5.74) is 0. The molecule has 0 rings (SSSR count). The summed E-state index contributed by atoms with van der Waals surface area (Å²) < 4.78 is 4.65. The van der Waals surface area contributed by atoms with Crippen LogP contribution in [0.5, 0.6) is 0 Å². The molecule has 0 aromatic rings. The SMILES string of the molecule is CCC(=O)N(CC(C)C)CC(C)C(=O)OC. The molecule has 1 atom stereocenters. The maximum absolute atomic E-state index is 11.7. The highest BCUT2D eigenvalue weighted by atomic mass is 16.5. The normalized spacial score (nSPS) is 12.4. The van der Waals surface area contributed by atoms with Crippen molar-refractivity contribution in [2.24, 2.45) is 11.8 Å². The predicted octanol–water partition coefficient (Wildman–Crippen LogP) is 1.69. The fourth-order valence-corrected chi connectivity index (χ4v) is 1.55. The van der Waals surface area contributed by atoms with Gasteiger partial charge in [0, 0.05) is 19.5 Å². The highest BCUT2D eigenvalue weighted by Crippen LogP contribution is 2.07. The van der Waals surface area contributed by atoms with E-state index >= 15 is 0 Å². The van der Waals surface area contributed by atoms with Gasteiger partial charge in [0.2, 0.25) is 5.91 Å². The van der Waals surface area contributed by atoms with Gasteiger partial charge in [-0.05, 0) is 5.92 Å². The van der Waals surface area contributed by atoms with E-state index in [1.54, 1.807) is 11.8 Å². The maximum atomic E-state index is 11.7. The van der Waals surface area contributed by atoms with Crippen molar-refractivity contribution in [3.8, 4) is 0 Å². The Labute approximate surface area is 98.0 Å². The Kier molecular flexibility index (Phi) is 6.77. The Bertz CT molecular complexity index is 238. The van der Waals surface area contributed by atoms with Crippen molar-refractivity contribution in [3.63, 3.8) is 0 Å². The van der Waals surface area contributed by atoms with Crippen LogP contribution in [0.25, 0.3) is 0 Å². The number of hydrogen-bond acceptors (Lipinski definition) is 3. The van der Waals surface area contributed by atoms with Crippen LogP contribution < -0.4 is 0 Å². The lowest BCUT2D eigenvalue weighted by molar-refractivity contribution is -0.146. The van der Waals surface area contributed by atoms with Crippen LogP contribution in [0.3, 0.4) is 0 Å². The molecular formula is C12H23NO3. The van der Waals surface area contributed by atoms with Crippen molar-refractivity contribution >= 4 is 11.9 Å². The number of methoxy groups -OCH3 is 1. The molecule has 0 aliphatic rings. The van der Waals surface area contributed by atoms with Gasteiger partial charge in [0.1, 0.15) is 0 Å². The van der Waals surface area contributed by atoms with E-state index in [0.29, 0.717) is 25.4 Å². The fourth-order valence-electron chi connectivity index (χ4n) is 1.55. The zero-order valence-electron chi connectivity index (χ0n) is 10.9. The van der Waals surface area contributed by atoms with Crippen LogP contribution in [0, 0.1) is 11.8 Å². The molecule has 0 aromatic heterocycles. The second-order valence-corrected chi connectivity index (χ2v) is 4.47. The predicted molar refractivity (Wildman–Crippen MR) is 62.9 cm³/mol. The maximum Gasteiger partial charge on any atom is 0.310 e. The van der Waals surface area contributed by atoms with Crippen LogP contribution in [0.4, 0.5) is 0 Å². The van der Waals surface area contributed by atoms with Crippen molar-refractivity contribution in [1.82, 2.24) is 4.90 Å². The number of rotatable bonds is 6. The van der Waals surface area contributed by atoms with E-state index in [2.05, 4.69) is 18.6 Å². The van der Waals surface area contributed by atoms with E-state index in [4.69, 9.17) is 0 Å². The average Bonchev–Trinajstić information content (AvgIpc) is 2.25. The van der Waals surface area contributed by atoms with E-state index in [0.717, 1.165) is 0 Å². The summed E-state index contributed by atoms with van der Waals surface area (Å²) >= 11 is 0. The molecule has 0 aliphatic heterocycles. The van der Waals surface area contributed by atoms with E-state index < -0.39 is 0 Å². The van der Waals surface area contributed by atoms with Gasteiger partial charge in [-0.25, -0.2) is 0 Å². The number of carbonyl (C=O) groups excluding carboxylic acids is 2. The van der Waals surface area contributed by atoms with Crippen LogP contribution in [-0.4, -0.2) is 37.0 Å². The Morgan fingerprint density at radius 2 is 1.75 bits per heavy atom. The summed E-state index contributed by atoms with van der Waals surface area (Å²) in [4.78, 5) is 24.7. The highest BCUT2D eigenvalue weighted by molar-refractivity contribution is 5.77. The lowest BCUT2D eigenvalue weighted by Crippen LogP contribution is -2.39. The first-order valence-electron chi connectivity index (χ1n) is 5.77. The van der Waals surface area contributed by atoms with Gasteiger partial charge in [0.15, 0.2) is 0 Å². The Balaban J connectivity index is 4.41. The Morgan fingerprint density at radius 3 is 2.12 bits per heavy atom. The van der Waals surface area contributed by atoms with Gasteiger partial charge in [0.05, 0.1) is 13.0 Å².